The first kappa shape index (κ1) is 14.8. The summed E-state index contributed by atoms with van der Waals surface area (Å²) in [5.41, 5.74) is 0. The Balaban J connectivity index is 3.14. The SMILES string of the molecule is CCOC(=O)CSCCCCC(C)NC. The van der Waals surface area contributed by atoms with Gasteiger partial charge in [0.15, 0.2) is 0 Å². The van der Waals surface area contributed by atoms with Gasteiger partial charge in [-0.15, -0.1) is 0 Å². The van der Waals surface area contributed by atoms with Crippen LogP contribution in [0, 0.1) is 0 Å². The highest BCUT2D eigenvalue weighted by atomic mass is 32.2. The normalized spacial score (nSPS) is 12.5. The molecule has 0 heterocycles. The van der Waals surface area contributed by atoms with Gasteiger partial charge in [0.2, 0.25) is 0 Å². The van der Waals surface area contributed by atoms with E-state index in [9.17, 15) is 4.79 Å². The van der Waals surface area contributed by atoms with Gasteiger partial charge in [0, 0.05) is 6.04 Å². The fourth-order valence-corrected chi connectivity index (χ4v) is 1.96. The second-order valence-electron chi connectivity index (χ2n) is 3.54. The van der Waals surface area contributed by atoms with Crippen molar-refractivity contribution in [2.75, 3.05) is 25.2 Å². The molecule has 0 amide bonds. The highest BCUT2D eigenvalue weighted by Crippen LogP contribution is 2.08. The maximum Gasteiger partial charge on any atom is 0.315 e. The third-order valence-electron chi connectivity index (χ3n) is 2.19. The molecule has 0 aromatic heterocycles. The molecular weight excluding hydrogens is 210 g/mol. The number of thioether (sulfide) groups is 1. The van der Waals surface area contributed by atoms with E-state index in [1.807, 2.05) is 14.0 Å². The fraction of sp³-hybridized carbons (Fsp3) is 0.909. The monoisotopic (exact) mass is 233 g/mol. The second kappa shape index (κ2) is 10.3. The first-order valence-corrected chi connectivity index (χ1v) is 6.76. The quantitative estimate of drug-likeness (QED) is 0.489. The molecule has 3 nitrogen and oxygen atoms in total. The minimum absolute atomic E-state index is 0.0916. The van der Waals surface area contributed by atoms with Crippen LogP contribution in [0.15, 0.2) is 0 Å². The summed E-state index contributed by atoms with van der Waals surface area (Å²) in [5.74, 6) is 1.45. The van der Waals surface area contributed by atoms with Crippen LogP contribution in [0.4, 0.5) is 0 Å². The third-order valence-corrected chi connectivity index (χ3v) is 3.21. The van der Waals surface area contributed by atoms with Gasteiger partial charge in [-0.1, -0.05) is 6.42 Å². The van der Waals surface area contributed by atoms with Crippen molar-refractivity contribution in [1.82, 2.24) is 5.32 Å². The summed E-state index contributed by atoms with van der Waals surface area (Å²) in [6.45, 7) is 4.51. The van der Waals surface area contributed by atoms with Gasteiger partial charge in [-0.2, -0.15) is 11.8 Å². The summed E-state index contributed by atoms with van der Waals surface area (Å²) in [6.07, 6.45) is 3.60. The van der Waals surface area contributed by atoms with E-state index in [-0.39, 0.29) is 5.97 Å². The Hall–Kier alpha value is -0.220. The zero-order valence-electron chi connectivity index (χ0n) is 10.0. The summed E-state index contributed by atoms with van der Waals surface area (Å²) in [7, 11) is 1.99. The van der Waals surface area contributed by atoms with Gasteiger partial charge in [0.1, 0.15) is 0 Å². The number of nitrogens with one attached hydrogen (secondary N) is 1. The molecule has 0 aromatic rings. The molecule has 1 atom stereocenters. The molecule has 0 rings (SSSR count). The van der Waals surface area contributed by atoms with Crippen LogP contribution in [0.1, 0.15) is 33.1 Å². The highest BCUT2D eigenvalue weighted by Gasteiger charge is 2.01. The third kappa shape index (κ3) is 10.1. The lowest BCUT2D eigenvalue weighted by molar-refractivity contribution is -0.139. The highest BCUT2D eigenvalue weighted by molar-refractivity contribution is 7.99. The summed E-state index contributed by atoms with van der Waals surface area (Å²) >= 11 is 1.67. The van der Waals surface area contributed by atoms with Crippen molar-refractivity contribution >= 4 is 17.7 Å². The molecule has 0 spiro atoms. The molecule has 15 heavy (non-hydrogen) atoms. The van der Waals surface area contributed by atoms with E-state index in [4.69, 9.17) is 4.74 Å². The first-order valence-electron chi connectivity index (χ1n) is 5.61. The largest absolute Gasteiger partial charge is 0.465 e. The molecule has 0 aliphatic rings. The zero-order chi connectivity index (χ0) is 11.5. The zero-order valence-corrected chi connectivity index (χ0v) is 10.9. The second-order valence-corrected chi connectivity index (χ2v) is 4.65. The van der Waals surface area contributed by atoms with Crippen molar-refractivity contribution in [2.45, 2.75) is 39.2 Å². The van der Waals surface area contributed by atoms with Gasteiger partial charge >= 0.3 is 5.97 Å². The Bertz CT molecular complexity index is 165. The molecule has 1 unspecified atom stereocenters. The standard InChI is InChI=1S/C11H23NO2S/c1-4-14-11(13)9-15-8-6-5-7-10(2)12-3/h10,12H,4-9H2,1-3H3. The van der Waals surface area contributed by atoms with Crippen LogP contribution in [0.25, 0.3) is 0 Å². The van der Waals surface area contributed by atoms with E-state index in [1.54, 1.807) is 11.8 Å². The summed E-state index contributed by atoms with van der Waals surface area (Å²) in [6, 6.07) is 0.597. The van der Waals surface area contributed by atoms with E-state index in [0.717, 1.165) is 5.75 Å². The number of carbonyl (C=O) groups is 1. The summed E-state index contributed by atoms with van der Waals surface area (Å²) in [4.78, 5) is 11.0. The molecule has 90 valence electrons. The predicted octanol–water partition coefficient (Wildman–Crippen LogP) is 2.06. The molecule has 0 radical (unpaired) electrons. The van der Waals surface area contributed by atoms with Crippen LogP contribution in [0.2, 0.25) is 0 Å². The van der Waals surface area contributed by atoms with Crippen LogP contribution in [0.5, 0.6) is 0 Å². The number of hydrogen-bond acceptors (Lipinski definition) is 4. The van der Waals surface area contributed by atoms with Gasteiger partial charge in [-0.3, -0.25) is 4.79 Å². The van der Waals surface area contributed by atoms with E-state index in [1.165, 1.54) is 19.3 Å². The van der Waals surface area contributed by atoms with Crippen LogP contribution in [-0.4, -0.2) is 37.2 Å². The van der Waals surface area contributed by atoms with Crippen molar-refractivity contribution < 1.29 is 9.53 Å². The van der Waals surface area contributed by atoms with E-state index in [2.05, 4.69) is 12.2 Å². The lowest BCUT2D eigenvalue weighted by Crippen LogP contribution is -2.20. The molecule has 0 saturated heterocycles. The molecule has 0 aliphatic carbocycles. The maximum atomic E-state index is 11.0. The van der Waals surface area contributed by atoms with E-state index < -0.39 is 0 Å². The van der Waals surface area contributed by atoms with Gasteiger partial charge in [-0.25, -0.2) is 0 Å². The molecule has 0 bridgehead atoms. The number of carbonyl (C=O) groups excluding carboxylic acids is 1. The van der Waals surface area contributed by atoms with Crippen LogP contribution in [-0.2, 0) is 9.53 Å². The minimum atomic E-state index is -0.0916. The molecule has 0 fully saturated rings. The Morgan fingerprint density at radius 3 is 2.80 bits per heavy atom. The molecular formula is C11H23NO2S. The average Bonchev–Trinajstić information content (AvgIpc) is 2.23. The first-order chi connectivity index (χ1) is 7.20. The maximum absolute atomic E-state index is 11.0. The van der Waals surface area contributed by atoms with Gasteiger partial charge in [-0.05, 0) is 39.5 Å². The van der Waals surface area contributed by atoms with Gasteiger partial charge in [0.25, 0.3) is 0 Å². The lowest BCUT2D eigenvalue weighted by Gasteiger charge is -2.08. The molecule has 0 saturated carbocycles. The smallest absolute Gasteiger partial charge is 0.315 e. The number of unbranched alkanes of at least 4 members (excludes halogenated alkanes) is 1. The number of ether oxygens (including phenoxy) is 1. The predicted molar refractivity (Wildman–Crippen MR) is 66.3 cm³/mol. The van der Waals surface area contributed by atoms with Crippen molar-refractivity contribution in [3.63, 3.8) is 0 Å². The van der Waals surface area contributed by atoms with Gasteiger partial charge < -0.3 is 10.1 Å². The topological polar surface area (TPSA) is 38.3 Å². The Morgan fingerprint density at radius 2 is 2.20 bits per heavy atom. The fourth-order valence-electron chi connectivity index (χ4n) is 1.16. The van der Waals surface area contributed by atoms with E-state index >= 15 is 0 Å². The molecule has 0 aliphatic heterocycles. The van der Waals surface area contributed by atoms with Gasteiger partial charge in [0.05, 0.1) is 12.4 Å². The molecule has 0 aromatic carbocycles. The van der Waals surface area contributed by atoms with Crippen molar-refractivity contribution in [2.24, 2.45) is 0 Å². The summed E-state index contributed by atoms with van der Waals surface area (Å²) in [5, 5.41) is 3.21. The average molecular weight is 233 g/mol. The Morgan fingerprint density at radius 1 is 1.47 bits per heavy atom. The Kier molecular flexibility index (Phi) is 10.2. The lowest BCUT2D eigenvalue weighted by atomic mass is 10.1. The van der Waals surface area contributed by atoms with Crippen molar-refractivity contribution in [3.05, 3.63) is 0 Å². The summed E-state index contributed by atoms with van der Waals surface area (Å²) < 4.78 is 4.83. The molecule has 1 N–H and O–H groups in total. The van der Waals surface area contributed by atoms with E-state index in [0.29, 0.717) is 18.4 Å². The Labute approximate surface area is 97.3 Å². The van der Waals surface area contributed by atoms with Crippen molar-refractivity contribution in [3.8, 4) is 0 Å². The van der Waals surface area contributed by atoms with Crippen LogP contribution < -0.4 is 5.32 Å². The minimum Gasteiger partial charge on any atom is -0.465 e. The number of esters is 1. The van der Waals surface area contributed by atoms with Crippen LogP contribution in [0.3, 0.4) is 0 Å². The number of hydrogen-bond donors (Lipinski definition) is 1. The van der Waals surface area contributed by atoms with Crippen molar-refractivity contribution in [1.29, 1.82) is 0 Å². The van der Waals surface area contributed by atoms with Crippen LogP contribution >= 0.6 is 11.8 Å². The molecule has 4 heteroatoms. The number of rotatable bonds is 9.